The average Bonchev–Trinajstić information content (AvgIpc) is 3.09. The molecule has 0 aliphatic carbocycles. The lowest BCUT2D eigenvalue weighted by Crippen LogP contribution is -2.46. The minimum absolute atomic E-state index is 0.00566. The number of rotatable bonds is 4. The fraction of sp³-hybridized carbons (Fsp3) is 0.300. The normalized spacial score (nSPS) is 20.7. The highest BCUT2D eigenvalue weighted by Gasteiger charge is 2.23. The molecule has 2 aliphatic heterocycles. The third kappa shape index (κ3) is 4.66. The van der Waals surface area contributed by atoms with Crippen LogP contribution in [0.4, 0.5) is 8.78 Å². The zero-order valence-corrected chi connectivity index (χ0v) is 21.3. The standard InChI is InChI=1S/C30H29F2N3O3/c1-18-15-34(16-19(2)38-18)10-11-35-28-9-6-20(13-27(28)33-30(35)36)12-24-22-4-3-5-26(32)25(22)17-37-29-14-21(31)7-8-23(24)29/h3-9,12-14,18-19H,10-11,15-17H2,1-2H3,(H,33,36)/t18-,19+. The van der Waals surface area contributed by atoms with Crippen LogP contribution >= 0.6 is 0 Å². The van der Waals surface area contributed by atoms with Gasteiger partial charge < -0.3 is 14.5 Å². The lowest BCUT2D eigenvalue weighted by molar-refractivity contribution is -0.0685. The SMILES string of the molecule is C[C@@H]1CN(CCn2c(=O)[nH]c3cc(C=C4c5ccc(F)cc5OCc5c(F)cccc54)ccc32)C[C@H](C)O1. The third-order valence-electron chi connectivity index (χ3n) is 7.26. The van der Waals surface area contributed by atoms with Gasteiger partial charge in [-0.2, -0.15) is 0 Å². The van der Waals surface area contributed by atoms with E-state index in [0.717, 1.165) is 41.8 Å². The van der Waals surface area contributed by atoms with Crippen LogP contribution in [0, 0.1) is 11.6 Å². The molecule has 1 saturated heterocycles. The summed E-state index contributed by atoms with van der Waals surface area (Å²) in [5.74, 6) is -0.433. The number of H-pyrrole nitrogens is 1. The molecule has 0 bridgehead atoms. The van der Waals surface area contributed by atoms with Gasteiger partial charge in [-0.1, -0.05) is 18.2 Å². The molecule has 3 aromatic carbocycles. The van der Waals surface area contributed by atoms with E-state index in [1.807, 2.05) is 30.3 Å². The molecule has 0 saturated carbocycles. The molecule has 8 heteroatoms. The molecule has 2 atom stereocenters. The van der Waals surface area contributed by atoms with Gasteiger partial charge in [-0.05, 0) is 67.0 Å². The second-order valence-corrected chi connectivity index (χ2v) is 10.1. The summed E-state index contributed by atoms with van der Waals surface area (Å²) in [6, 6.07) is 15.0. The third-order valence-corrected chi connectivity index (χ3v) is 7.26. The Morgan fingerprint density at radius 3 is 2.63 bits per heavy atom. The zero-order valence-electron chi connectivity index (χ0n) is 21.3. The Hall–Kier alpha value is -3.75. The maximum absolute atomic E-state index is 14.7. The van der Waals surface area contributed by atoms with E-state index in [4.69, 9.17) is 9.47 Å². The molecule has 0 radical (unpaired) electrons. The number of halogens is 2. The summed E-state index contributed by atoms with van der Waals surface area (Å²) in [6.07, 6.45) is 2.27. The fourth-order valence-corrected chi connectivity index (χ4v) is 5.61. The largest absolute Gasteiger partial charge is 0.488 e. The molecule has 6 rings (SSSR count). The van der Waals surface area contributed by atoms with E-state index in [1.54, 1.807) is 16.7 Å². The van der Waals surface area contributed by atoms with Crippen molar-refractivity contribution in [2.75, 3.05) is 19.6 Å². The van der Waals surface area contributed by atoms with E-state index < -0.39 is 5.82 Å². The molecule has 0 spiro atoms. The Morgan fingerprint density at radius 2 is 1.82 bits per heavy atom. The molecule has 4 aromatic rings. The van der Waals surface area contributed by atoms with Gasteiger partial charge in [0.15, 0.2) is 0 Å². The molecule has 0 unspecified atom stereocenters. The van der Waals surface area contributed by atoms with Gasteiger partial charge in [0.2, 0.25) is 0 Å². The van der Waals surface area contributed by atoms with Crippen LogP contribution in [0.3, 0.4) is 0 Å². The van der Waals surface area contributed by atoms with Crippen LogP contribution in [0.2, 0.25) is 0 Å². The lowest BCUT2D eigenvalue weighted by atomic mass is 9.92. The van der Waals surface area contributed by atoms with E-state index in [2.05, 4.69) is 23.7 Å². The van der Waals surface area contributed by atoms with Crippen LogP contribution in [-0.4, -0.2) is 46.3 Å². The van der Waals surface area contributed by atoms with Gasteiger partial charge in [-0.3, -0.25) is 9.47 Å². The van der Waals surface area contributed by atoms with Crippen molar-refractivity contribution in [2.24, 2.45) is 0 Å². The second kappa shape index (κ2) is 9.85. The van der Waals surface area contributed by atoms with Crippen LogP contribution in [0.15, 0.2) is 59.4 Å². The maximum atomic E-state index is 14.7. The van der Waals surface area contributed by atoms with Gasteiger partial charge >= 0.3 is 5.69 Å². The number of nitrogens with zero attached hydrogens (tertiary/aromatic N) is 2. The van der Waals surface area contributed by atoms with Gasteiger partial charge in [-0.15, -0.1) is 0 Å². The number of aromatic nitrogens is 2. The van der Waals surface area contributed by atoms with Crippen LogP contribution in [0.1, 0.15) is 36.1 Å². The smallest absolute Gasteiger partial charge is 0.326 e. The molecular weight excluding hydrogens is 488 g/mol. The minimum atomic E-state index is -0.421. The summed E-state index contributed by atoms with van der Waals surface area (Å²) >= 11 is 0. The Labute approximate surface area is 219 Å². The topological polar surface area (TPSA) is 59.5 Å². The number of morpholine rings is 1. The molecule has 6 nitrogen and oxygen atoms in total. The van der Waals surface area contributed by atoms with E-state index in [-0.39, 0.29) is 30.3 Å². The number of benzene rings is 3. The highest BCUT2D eigenvalue weighted by molar-refractivity contribution is 5.95. The van der Waals surface area contributed by atoms with Crippen molar-refractivity contribution in [2.45, 2.75) is 39.2 Å². The van der Waals surface area contributed by atoms with Gasteiger partial charge in [0.05, 0.1) is 23.2 Å². The Morgan fingerprint density at radius 1 is 1.00 bits per heavy atom. The van der Waals surface area contributed by atoms with E-state index >= 15 is 0 Å². The molecule has 1 N–H and O–H groups in total. The van der Waals surface area contributed by atoms with Gasteiger partial charge in [0.1, 0.15) is 24.0 Å². The number of imidazole rings is 1. The zero-order chi connectivity index (χ0) is 26.4. The first kappa shape index (κ1) is 24.6. The Bertz CT molecular complexity index is 1600. The quantitative estimate of drug-likeness (QED) is 0.404. The fourth-order valence-electron chi connectivity index (χ4n) is 5.61. The van der Waals surface area contributed by atoms with Crippen molar-refractivity contribution < 1.29 is 18.3 Å². The number of hydrogen-bond donors (Lipinski definition) is 1. The van der Waals surface area contributed by atoms with Gasteiger partial charge in [-0.25, -0.2) is 13.6 Å². The summed E-state index contributed by atoms with van der Waals surface area (Å²) in [5, 5.41) is 0. The summed E-state index contributed by atoms with van der Waals surface area (Å²) in [5.41, 5.74) is 4.72. The molecule has 0 amide bonds. The van der Waals surface area contributed by atoms with E-state index in [0.29, 0.717) is 29.0 Å². The first-order valence-corrected chi connectivity index (χ1v) is 12.9. The van der Waals surface area contributed by atoms with Crippen molar-refractivity contribution in [3.8, 4) is 5.75 Å². The summed E-state index contributed by atoms with van der Waals surface area (Å²) < 4.78 is 42.1. The highest BCUT2D eigenvalue weighted by Crippen LogP contribution is 2.39. The predicted molar refractivity (Wildman–Crippen MR) is 143 cm³/mol. The molecule has 1 aromatic heterocycles. The van der Waals surface area contributed by atoms with Crippen molar-refractivity contribution in [1.29, 1.82) is 0 Å². The number of fused-ring (bicyclic) bond motifs is 3. The Balaban J connectivity index is 1.36. The first-order valence-electron chi connectivity index (χ1n) is 12.9. The highest BCUT2D eigenvalue weighted by atomic mass is 19.1. The van der Waals surface area contributed by atoms with Gasteiger partial charge in [0, 0.05) is 43.4 Å². The average molecular weight is 518 g/mol. The van der Waals surface area contributed by atoms with Crippen LogP contribution in [0.25, 0.3) is 22.7 Å². The Kier molecular flexibility index (Phi) is 6.37. The van der Waals surface area contributed by atoms with Crippen molar-refractivity contribution in [1.82, 2.24) is 14.5 Å². The monoisotopic (exact) mass is 517 g/mol. The molecule has 2 aliphatic rings. The van der Waals surface area contributed by atoms with E-state index in [1.165, 1.54) is 18.2 Å². The van der Waals surface area contributed by atoms with Gasteiger partial charge in [0.25, 0.3) is 0 Å². The van der Waals surface area contributed by atoms with E-state index in [9.17, 15) is 13.6 Å². The minimum Gasteiger partial charge on any atom is -0.488 e. The maximum Gasteiger partial charge on any atom is 0.326 e. The first-order chi connectivity index (χ1) is 18.4. The summed E-state index contributed by atoms with van der Waals surface area (Å²) in [4.78, 5) is 18.1. The number of aromatic amines is 1. The van der Waals surface area contributed by atoms with Crippen molar-refractivity contribution >= 4 is 22.7 Å². The second-order valence-electron chi connectivity index (χ2n) is 10.1. The lowest BCUT2D eigenvalue weighted by Gasteiger charge is -2.35. The van der Waals surface area contributed by atoms with Crippen LogP contribution < -0.4 is 10.4 Å². The van der Waals surface area contributed by atoms with Crippen molar-refractivity contribution in [3.63, 3.8) is 0 Å². The van der Waals surface area contributed by atoms with Crippen molar-refractivity contribution in [3.05, 3.63) is 99.0 Å². The molecule has 3 heterocycles. The number of hydrogen-bond acceptors (Lipinski definition) is 4. The molecule has 1 fully saturated rings. The number of ether oxygens (including phenoxy) is 2. The number of nitrogens with one attached hydrogen (secondary N) is 1. The van der Waals surface area contributed by atoms with Crippen LogP contribution in [-0.2, 0) is 17.9 Å². The summed E-state index contributed by atoms with van der Waals surface area (Å²) in [7, 11) is 0. The predicted octanol–water partition coefficient (Wildman–Crippen LogP) is 5.20. The van der Waals surface area contributed by atoms with Crippen LogP contribution in [0.5, 0.6) is 5.75 Å². The molecule has 196 valence electrons. The molecule has 38 heavy (non-hydrogen) atoms. The summed E-state index contributed by atoms with van der Waals surface area (Å²) in [6.45, 7) is 7.16. The molecular formula is C30H29F2N3O3.